The van der Waals surface area contributed by atoms with Crippen molar-refractivity contribution in [3.63, 3.8) is 0 Å². The molecule has 1 saturated heterocycles. The number of likely N-dealkylation sites (tertiary alicyclic amines) is 1. The maximum Gasteiger partial charge on any atom is 0.323 e. The molecule has 3 rings (SSSR count). The monoisotopic (exact) mass is 362 g/mol. The Labute approximate surface area is 152 Å². The lowest BCUT2D eigenvalue weighted by atomic mass is 10.1. The van der Waals surface area contributed by atoms with Crippen LogP contribution in [-0.2, 0) is 9.53 Å². The summed E-state index contributed by atoms with van der Waals surface area (Å²) in [6.45, 7) is 5.79. The molecule has 1 aromatic heterocycles. The van der Waals surface area contributed by atoms with Crippen molar-refractivity contribution < 1.29 is 14.3 Å². The molecule has 1 aliphatic heterocycles. The number of fused-ring (bicyclic) bond motifs is 1. The van der Waals surface area contributed by atoms with Gasteiger partial charge in [0.05, 0.1) is 17.1 Å². The molecule has 1 aliphatic rings. The molecule has 2 heterocycles. The third-order valence-corrected chi connectivity index (χ3v) is 4.94. The number of benzene rings is 1. The van der Waals surface area contributed by atoms with E-state index in [1.54, 1.807) is 12.3 Å². The Morgan fingerprint density at radius 2 is 2.12 bits per heavy atom. The number of ether oxygens (including phenoxy) is 2. The molecule has 1 unspecified atom stereocenters. The summed E-state index contributed by atoms with van der Waals surface area (Å²) >= 11 is 6.24. The normalized spacial score (nSPS) is 17.4. The molecular weight excluding hydrogens is 340 g/mol. The number of halogens is 1. The third-order valence-electron chi connectivity index (χ3n) is 4.61. The van der Waals surface area contributed by atoms with E-state index >= 15 is 0 Å². The zero-order valence-corrected chi connectivity index (χ0v) is 15.3. The van der Waals surface area contributed by atoms with Gasteiger partial charge in [-0.15, -0.1) is 0 Å². The fourth-order valence-electron chi connectivity index (χ4n) is 3.15. The molecule has 0 amide bonds. The highest BCUT2D eigenvalue weighted by molar-refractivity contribution is 6.35. The molecule has 0 N–H and O–H groups in total. The highest BCUT2D eigenvalue weighted by Gasteiger charge is 2.28. The fraction of sp³-hybridized carbons (Fsp3) is 0.474. The molecule has 134 valence electrons. The van der Waals surface area contributed by atoms with E-state index in [-0.39, 0.29) is 18.1 Å². The van der Waals surface area contributed by atoms with Gasteiger partial charge < -0.3 is 9.47 Å². The summed E-state index contributed by atoms with van der Waals surface area (Å²) in [7, 11) is 0. The first-order chi connectivity index (χ1) is 12.1. The lowest BCUT2D eigenvalue weighted by Gasteiger charge is -2.34. The summed E-state index contributed by atoms with van der Waals surface area (Å²) in [5, 5.41) is 1.57. The van der Waals surface area contributed by atoms with Crippen molar-refractivity contribution in [1.82, 2.24) is 9.88 Å². The number of pyridine rings is 1. The predicted molar refractivity (Wildman–Crippen MR) is 98.1 cm³/mol. The molecule has 2 aromatic rings. The Bertz CT molecular complexity index is 745. The first-order valence-electron chi connectivity index (χ1n) is 8.70. The highest BCUT2D eigenvalue weighted by atomic mass is 35.5. The van der Waals surface area contributed by atoms with Crippen LogP contribution in [0.3, 0.4) is 0 Å². The van der Waals surface area contributed by atoms with Crippen molar-refractivity contribution in [1.29, 1.82) is 0 Å². The average Bonchev–Trinajstić information content (AvgIpc) is 2.63. The van der Waals surface area contributed by atoms with Gasteiger partial charge in [0.2, 0.25) is 0 Å². The van der Waals surface area contributed by atoms with Gasteiger partial charge in [-0.05, 0) is 51.0 Å². The topological polar surface area (TPSA) is 51.7 Å². The van der Waals surface area contributed by atoms with Crippen LogP contribution < -0.4 is 4.74 Å². The van der Waals surface area contributed by atoms with E-state index in [0.717, 1.165) is 42.6 Å². The number of carbonyl (C=O) groups is 1. The van der Waals surface area contributed by atoms with Crippen LogP contribution in [0.4, 0.5) is 0 Å². The van der Waals surface area contributed by atoms with Gasteiger partial charge in [0.15, 0.2) is 0 Å². The number of esters is 1. The number of piperidine rings is 1. The maximum absolute atomic E-state index is 11.9. The second kappa shape index (κ2) is 8.02. The zero-order chi connectivity index (χ0) is 17.8. The average molecular weight is 363 g/mol. The number of rotatable bonds is 5. The van der Waals surface area contributed by atoms with E-state index in [9.17, 15) is 4.79 Å². The van der Waals surface area contributed by atoms with E-state index < -0.39 is 0 Å². The van der Waals surface area contributed by atoms with Crippen molar-refractivity contribution in [3.8, 4) is 5.75 Å². The van der Waals surface area contributed by atoms with E-state index in [1.165, 1.54) is 0 Å². The van der Waals surface area contributed by atoms with Crippen LogP contribution in [0, 0.1) is 0 Å². The second-order valence-electron chi connectivity index (χ2n) is 6.25. The summed E-state index contributed by atoms with van der Waals surface area (Å²) < 4.78 is 11.2. The Hall–Kier alpha value is -1.85. The molecule has 1 aromatic carbocycles. The van der Waals surface area contributed by atoms with Crippen LogP contribution in [0.5, 0.6) is 5.75 Å². The van der Waals surface area contributed by atoms with Gasteiger partial charge in [-0.1, -0.05) is 11.6 Å². The first kappa shape index (κ1) is 18.0. The zero-order valence-electron chi connectivity index (χ0n) is 14.6. The molecule has 25 heavy (non-hydrogen) atoms. The van der Waals surface area contributed by atoms with Gasteiger partial charge in [-0.3, -0.25) is 14.7 Å². The van der Waals surface area contributed by atoms with Crippen LogP contribution in [0.1, 0.15) is 26.7 Å². The van der Waals surface area contributed by atoms with Gasteiger partial charge in [0, 0.05) is 24.7 Å². The Morgan fingerprint density at radius 1 is 1.36 bits per heavy atom. The second-order valence-corrected chi connectivity index (χ2v) is 6.66. The number of nitrogens with zero attached hydrogens (tertiary/aromatic N) is 2. The number of aromatic nitrogens is 1. The fourth-order valence-corrected chi connectivity index (χ4v) is 3.36. The summed E-state index contributed by atoms with van der Waals surface area (Å²) in [4.78, 5) is 18.3. The quantitative estimate of drug-likeness (QED) is 0.759. The van der Waals surface area contributed by atoms with Crippen molar-refractivity contribution in [2.45, 2.75) is 38.8 Å². The molecule has 0 bridgehead atoms. The predicted octanol–water partition coefficient (Wildman–Crippen LogP) is 3.68. The van der Waals surface area contributed by atoms with E-state index in [1.807, 2.05) is 32.0 Å². The van der Waals surface area contributed by atoms with Gasteiger partial charge in [-0.25, -0.2) is 0 Å². The van der Waals surface area contributed by atoms with Crippen molar-refractivity contribution in [2.24, 2.45) is 0 Å². The summed E-state index contributed by atoms with van der Waals surface area (Å²) in [5.74, 6) is 0.651. The molecule has 0 saturated carbocycles. The molecule has 0 radical (unpaired) electrons. The molecule has 5 nitrogen and oxygen atoms in total. The lowest BCUT2D eigenvalue weighted by molar-refractivity contribution is -0.149. The standard InChI is InChI=1S/C19H23ClN2O3/c1-3-24-19(23)13(2)22-10-7-14(8-11-22)25-15-4-5-18-16(12-15)17(20)6-9-21-18/h4-6,9,12-14H,3,7-8,10-11H2,1-2H3. The summed E-state index contributed by atoms with van der Waals surface area (Å²) in [6, 6.07) is 7.38. The van der Waals surface area contributed by atoms with Crippen LogP contribution in [0.25, 0.3) is 10.9 Å². The third kappa shape index (κ3) is 4.22. The summed E-state index contributed by atoms with van der Waals surface area (Å²) in [5.41, 5.74) is 0.859. The van der Waals surface area contributed by atoms with Crippen LogP contribution >= 0.6 is 11.6 Å². The number of carbonyl (C=O) groups excluding carboxylic acids is 1. The molecule has 0 aliphatic carbocycles. The lowest BCUT2D eigenvalue weighted by Crippen LogP contribution is -2.46. The maximum atomic E-state index is 11.9. The van der Waals surface area contributed by atoms with Gasteiger partial charge in [-0.2, -0.15) is 0 Å². The first-order valence-corrected chi connectivity index (χ1v) is 9.08. The smallest absolute Gasteiger partial charge is 0.323 e. The van der Waals surface area contributed by atoms with Crippen LogP contribution in [0.15, 0.2) is 30.5 Å². The minimum atomic E-state index is -0.202. The highest BCUT2D eigenvalue weighted by Crippen LogP contribution is 2.27. The van der Waals surface area contributed by atoms with E-state index in [0.29, 0.717) is 11.6 Å². The Kier molecular flexibility index (Phi) is 5.76. The summed E-state index contributed by atoms with van der Waals surface area (Å²) in [6.07, 6.45) is 3.59. The van der Waals surface area contributed by atoms with Crippen LogP contribution in [0.2, 0.25) is 5.02 Å². The van der Waals surface area contributed by atoms with E-state index in [4.69, 9.17) is 21.1 Å². The minimum absolute atomic E-state index is 0.138. The molecule has 6 heteroatoms. The number of hydrogen-bond acceptors (Lipinski definition) is 5. The van der Waals surface area contributed by atoms with Crippen molar-refractivity contribution in [3.05, 3.63) is 35.5 Å². The molecular formula is C19H23ClN2O3. The SMILES string of the molecule is CCOC(=O)C(C)N1CCC(Oc2ccc3nccc(Cl)c3c2)CC1. The van der Waals surface area contributed by atoms with Gasteiger partial charge >= 0.3 is 5.97 Å². The van der Waals surface area contributed by atoms with Crippen LogP contribution in [-0.4, -0.2) is 47.7 Å². The Morgan fingerprint density at radius 3 is 2.84 bits per heavy atom. The minimum Gasteiger partial charge on any atom is -0.490 e. The Balaban J connectivity index is 1.59. The van der Waals surface area contributed by atoms with Gasteiger partial charge in [0.25, 0.3) is 0 Å². The molecule has 0 spiro atoms. The molecule has 1 atom stereocenters. The van der Waals surface area contributed by atoms with Crippen molar-refractivity contribution in [2.75, 3.05) is 19.7 Å². The van der Waals surface area contributed by atoms with Crippen molar-refractivity contribution >= 4 is 28.5 Å². The van der Waals surface area contributed by atoms with E-state index in [2.05, 4.69) is 9.88 Å². The largest absolute Gasteiger partial charge is 0.490 e. The number of hydrogen-bond donors (Lipinski definition) is 0. The molecule has 1 fully saturated rings. The van der Waals surface area contributed by atoms with Gasteiger partial charge in [0.1, 0.15) is 17.9 Å².